The highest BCUT2D eigenvalue weighted by Gasteiger charge is 2.04. The summed E-state index contributed by atoms with van der Waals surface area (Å²) < 4.78 is 5.59. The van der Waals surface area contributed by atoms with Crippen LogP contribution in [0.2, 0.25) is 0 Å². The van der Waals surface area contributed by atoms with Gasteiger partial charge in [0.15, 0.2) is 0 Å². The van der Waals surface area contributed by atoms with E-state index in [2.05, 4.69) is 26.8 Å². The summed E-state index contributed by atoms with van der Waals surface area (Å²) in [5.74, 6) is 1.32. The molecule has 84 valence electrons. The van der Waals surface area contributed by atoms with Crippen LogP contribution in [0.4, 0.5) is 5.69 Å². The molecule has 1 aromatic carbocycles. The molecule has 0 saturated carbocycles. The van der Waals surface area contributed by atoms with Crippen LogP contribution in [-0.2, 0) is 0 Å². The molecular formula is C13H21NO. The maximum Gasteiger partial charge on any atom is 0.142 e. The summed E-state index contributed by atoms with van der Waals surface area (Å²) in [7, 11) is 0. The molecule has 0 bridgehead atoms. The van der Waals surface area contributed by atoms with E-state index in [9.17, 15) is 0 Å². The Bertz CT molecular complexity index is 307. The summed E-state index contributed by atoms with van der Waals surface area (Å²) in [5.41, 5.74) is 7.92. The number of hydrogen-bond donors (Lipinski definition) is 1. The van der Waals surface area contributed by atoms with Crippen LogP contribution in [-0.4, -0.2) is 6.61 Å². The summed E-state index contributed by atoms with van der Waals surface area (Å²) in [5, 5.41) is 0. The fourth-order valence-electron chi connectivity index (χ4n) is 1.38. The highest BCUT2D eigenvalue weighted by Crippen LogP contribution is 2.26. The van der Waals surface area contributed by atoms with Crippen LogP contribution < -0.4 is 10.5 Å². The first-order chi connectivity index (χ1) is 7.15. The van der Waals surface area contributed by atoms with Gasteiger partial charge >= 0.3 is 0 Å². The van der Waals surface area contributed by atoms with Crippen molar-refractivity contribution < 1.29 is 4.74 Å². The number of unbranched alkanes of at least 4 members (excludes halogenated alkanes) is 1. The lowest BCUT2D eigenvalue weighted by Crippen LogP contribution is -2.01. The van der Waals surface area contributed by atoms with Gasteiger partial charge in [-0.15, -0.1) is 0 Å². The summed E-state index contributed by atoms with van der Waals surface area (Å²) in [6, 6.07) is 6.06. The average Bonchev–Trinajstić information content (AvgIpc) is 2.20. The van der Waals surface area contributed by atoms with Gasteiger partial charge in [-0.2, -0.15) is 0 Å². The molecule has 0 radical (unpaired) electrons. The van der Waals surface area contributed by atoms with Gasteiger partial charge in [0.1, 0.15) is 5.75 Å². The molecule has 1 aromatic rings. The Kier molecular flexibility index (Phi) is 4.47. The molecular weight excluding hydrogens is 186 g/mol. The zero-order chi connectivity index (χ0) is 11.3. The molecule has 0 saturated heterocycles. The smallest absolute Gasteiger partial charge is 0.142 e. The van der Waals surface area contributed by atoms with Gasteiger partial charge in [-0.1, -0.05) is 33.3 Å². The van der Waals surface area contributed by atoms with Gasteiger partial charge in [-0.3, -0.25) is 0 Å². The molecule has 0 atom stereocenters. The van der Waals surface area contributed by atoms with Crippen molar-refractivity contribution in [2.24, 2.45) is 0 Å². The molecule has 0 aliphatic heterocycles. The van der Waals surface area contributed by atoms with Crippen LogP contribution in [0.15, 0.2) is 18.2 Å². The SMILES string of the molecule is CCCCOc1ccc(C(C)C)cc1N. The Balaban J connectivity index is 2.66. The van der Waals surface area contributed by atoms with Crippen molar-refractivity contribution in [3.63, 3.8) is 0 Å². The second-order valence-corrected chi connectivity index (χ2v) is 4.15. The molecule has 0 aliphatic rings. The highest BCUT2D eigenvalue weighted by molar-refractivity contribution is 5.54. The minimum Gasteiger partial charge on any atom is -0.491 e. The fourth-order valence-corrected chi connectivity index (χ4v) is 1.38. The third-order valence-electron chi connectivity index (χ3n) is 2.46. The van der Waals surface area contributed by atoms with Crippen LogP contribution >= 0.6 is 0 Å². The number of nitrogens with two attached hydrogens (primary N) is 1. The van der Waals surface area contributed by atoms with Gasteiger partial charge in [0, 0.05) is 0 Å². The Labute approximate surface area is 92.4 Å². The van der Waals surface area contributed by atoms with E-state index >= 15 is 0 Å². The third kappa shape index (κ3) is 3.46. The van der Waals surface area contributed by atoms with Gasteiger partial charge in [0.25, 0.3) is 0 Å². The second kappa shape index (κ2) is 5.64. The van der Waals surface area contributed by atoms with Crippen molar-refractivity contribution in [1.29, 1.82) is 0 Å². The minimum absolute atomic E-state index is 0.511. The average molecular weight is 207 g/mol. The lowest BCUT2D eigenvalue weighted by atomic mass is 10.0. The lowest BCUT2D eigenvalue weighted by molar-refractivity contribution is 0.311. The van der Waals surface area contributed by atoms with E-state index in [1.807, 2.05) is 12.1 Å². The summed E-state index contributed by atoms with van der Waals surface area (Å²) in [4.78, 5) is 0. The summed E-state index contributed by atoms with van der Waals surface area (Å²) in [6.07, 6.45) is 2.22. The van der Waals surface area contributed by atoms with Gasteiger partial charge < -0.3 is 10.5 Å². The highest BCUT2D eigenvalue weighted by atomic mass is 16.5. The Morgan fingerprint density at radius 3 is 2.60 bits per heavy atom. The third-order valence-corrected chi connectivity index (χ3v) is 2.46. The molecule has 1 rings (SSSR count). The molecule has 0 heterocycles. The number of rotatable bonds is 5. The van der Waals surface area contributed by atoms with E-state index in [1.54, 1.807) is 0 Å². The molecule has 15 heavy (non-hydrogen) atoms. The van der Waals surface area contributed by atoms with E-state index in [-0.39, 0.29) is 0 Å². The van der Waals surface area contributed by atoms with Crippen molar-refractivity contribution in [2.75, 3.05) is 12.3 Å². The van der Waals surface area contributed by atoms with Gasteiger partial charge in [0.2, 0.25) is 0 Å². The van der Waals surface area contributed by atoms with E-state index < -0.39 is 0 Å². The van der Waals surface area contributed by atoms with Crippen LogP contribution in [0.1, 0.15) is 45.1 Å². The molecule has 0 fully saturated rings. The largest absolute Gasteiger partial charge is 0.491 e. The van der Waals surface area contributed by atoms with Crippen LogP contribution in [0, 0.1) is 0 Å². The quantitative estimate of drug-likeness (QED) is 0.591. The van der Waals surface area contributed by atoms with Crippen LogP contribution in [0.5, 0.6) is 5.75 Å². The number of benzene rings is 1. The maximum absolute atomic E-state index is 5.92. The molecule has 0 unspecified atom stereocenters. The van der Waals surface area contributed by atoms with E-state index in [4.69, 9.17) is 10.5 Å². The molecule has 0 aromatic heterocycles. The Morgan fingerprint density at radius 2 is 2.07 bits per heavy atom. The minimum atomic E-state index is 0.511. The van der Waals surface area contributed by atoms with Crippen molar-refractivity contribution >= 4 is 5.69 Å². The van der Waals surface area contributed by atoms with Crippen molar-refractivity contribution in [1.82, 2.24) is 0 Å². The number of ether oxygens (including phenoxy) is 1. The molecule has 2 N–H and O–H groups in total. The first-order valence-electron chi connectivity index (χ1n) is 5.67. The molecule has 2 heteroatoms. The first-order valence-corrected chi connectivity index (χ1v) is 5.67. The normalized spacial score (nSPS) is 10.7. The molecule has 0 amide bonds. The van der Waals surface area contributed by atoms with E-state index in [1.165, 1.54) is 5.56 Å². The summed E-state index contributed by atoms with van der Waals surface area (Å²) in [6.45, 7) is 7.22. The Hall–Kier alpha value is -1.18. The molecule has 0 aliphatic carbocycles. The zero-order valence-corrected chi connectivity index (χ0v) is 9.92. The number of hydrogen-bond acceptors (Lipinski definition) is 2. The van der Waals surface area contributed by atoms with Crippen LogP contribution in [0.25, 0.3) is 0 Å². The van der Waals surface area contributed by atoms with Crippen LogP contribution in [0.3, 0.4) is 0 Å². The predicted octanol–water partition coefficient (Wildman–Crippen LogP) is 3.57. The maximum atomic E-state index is 5.92. The van der Waals surface area contributed by atoms with Crippen molar-refractivity contribution in [3.05, 3.63) is 23.8 Å². The van der Waals surface area contributed by atoms with Gasteiger partial charge in [-0.05, 0) is 30.0 Å². The second-order valence-electron chi connectivity index (χ2n) is 4.15. The van der Waals surface area contributed by atoms with Gasteiger partial charge in [-0.25, -0.2) is 0 Å². The first kappa shape index (κ1) is 11.9. The lowest BCUT2D eigenvalue weighted by Gasteiger charge is -2.11. The number of nitrogen functional groups attached to an aromatic ring is 1. The van der Waals surface area contributed by atoms with E-state index in [0.717, 1.165) is 30.9 Å². The summed E-state index contributed by atoms with van der Waals surface area (Å²) >= 11 is 0. The van der Waals surface area contributed by atoms with Crippen molar-refractivity contribution in [2.45, 2.75) is 39.5 Å². The molecule has 2 nitrogen and oxygen atoms in total. The standard InChI is InChI=1S/C13H21NO/c1-4-5-8-15-13-7-6-11(10(2)3)9-12(13)14/h6-7,9-10H,4-5,8,14H2,1-3H3. The topological polar surface area (TPSA) is 35.2 Å². The van der Waals surface area contributed by atoms with Gasteiger partial charge in [0.05, 0.1) is 12.3 Å². The van der Waals surface area contributed by atoms with E-state index in [0.29, 0.717) is 5.92 Å². The Morgan fingerprint density at radius 1 is 1.33 bits per heavy atom. The predicted molar refractivity (Wildman–Crippen MR) is 65.3 cm³/mol. The monoisotopic (exact) mass is 207 g/mol. The molecule has 0 spiro atoms. The zero-order valence-electron chi connectivity index (χ0n) is 9.92. The number of anilines is 1. The fraction of sp³-hybridized carbons (Fsp3) is 0.538. The van der Waals surface area contributed by atoms with Crippen molar-refractivity contribution in [3.8, 4) is 5.75 Å².